The number of nitrogens with one attached hydrogen (secondary N) is 2. The molecule has 3 aromatic carbocycles. The highest BCUT2D eigenvalue weighted by Gasteiger charge is 2.15. The lowest BCUT2D eigenvalue weighted by Gasteiger charge is -2.22. The molecule has 0 fully saturated rings. The van der Waals surface area contributed by atoms with Crippen LogP contribution in [-0.4, -0.2) is 22.7 Å². The summed E-state index contributed by atoms with van der Waals surface area (Å²) in [5.74, 6) is -0.0646. The Balaban J connectivity index is 1.52. The summed E-state index contributed by atoms with van der Waals surface area (Å²) in [6, 6.07) is 25.0. The number of hydrogen-bond acceptors (Lipinski definition) is 4. The summed E-state index contributed by atoms with van der Waals surface area (Å²) in [6.45, 7) is 2.47. The molecule has 1 aromatic heterocycles. The van der Waals surface area contributed by atoms with E-state index >= 15 is 0 Å². The van der Waals surface area contributed by atoms with Gasteiger partial charge in [0.05, 0.1) is 4.88 Å². The largest absolute Gasteiger partial charge is 0.494 e. The van der Waals surface area contributed by atoms with Crippen LogP contribution >= 0.6 is 11.3 Å². The minimum absolute atomic E-state index is 0.0646. The van der Waals surface area contributed by atoms with Crippen LogP contribution in [0.25, 0.3) is 11.1 Å². The Morgan fingerprint density at radius 1 is 1.00 bits per heavy atom. The van der Waals surface area contributed by atoms with E-state index in [2.05, 4.69) is 10.3 Å². The average molecular weight is 446 g/mol. The van der Waals surface area contributed by atoms with Gasteiger partial charge < -0.3 is 10.4 Å². The highest BCUT2D eigenvalue weighted by molar-refractivity contribution is 7.09. The SMILES string of the molecule is CCN(C(=O)Nc1ccccc1)c1cccc(-c2ccc(Cc3sc(=O)[nH]c3O)cc2)c1. The zero-order valence-electron chi connectivity index (χ0n) is 17.5. The number of aromatic amines is 1. The van der Waals surface area contributed by atoms with Crippen molar-refractivity contribution in [3.63, 3.8) is 0 Å². The van der Waals surface area contributed by atoms with Crippen molar-refractivity contribution in [2.75, 3.05) is 16.8 Å². The summed E-state index contributed by atoms with van der Waals surface area (Å²) in [6.07, 6.45) is 0.485. The van der Waals surface area contributed by atoms with Crippen molar-refractivity contribution in [1.29, 1.82) is 0 Å². The quantitative estimate of drug-likeness (QED) is 0.368. The molecule has 162 valence electrons. The molecule has 0 spiro atoms. The van der Waals surface area contributed by atoms with Crippen LogP contribution in [0.3, 0.4) is 0 Å². The zero-order chi connectivity index (χ0) is 22.5. The number of hydrogen-bond donors (Lipinski definition) is 3. The van der Waals surface area contributed by atoms with Crippen molar-refractivity contribution in [2.45, 2.75) is 13.3 Å². The second-order valence-electron chi connectivity index (χ2n) is 7.25. The third kappa shape index (κ3) is 4.90. The number of carbonyl (C=O) groups is 1. The first-order chi connectivity index (χ1) is 15.5. The molecule has 0 aliphatic carbocycles. The number of rotatable bonds is 6. The van der Waals surface area contributed by atoms with Crippen LogP contribution in [0.1, 0.15) is 17.4 Å². The standard InChI is InChI=1S/C25H23N3O3S/c1-2-28(24(30)26-20-8-4-3-5-9-20)21-10-6-7-19(16-21)18-13-11-17(12-14-18)15-22-23(29)27-25(31)32-22/h3-14,16,29H,2,15H2,1H3,(H,26,30)(H,27,31). The van der Waals surface area contributed by atoms with Gasteiger partial charge in [-0.2, -0.15) is 0 Å². The van der Waals surface area contributed by atoms with Gasteiger partial charge >= 0.3 is 10.9 Å². The van der Waals surface area contributed by atoms with Crippen molar-refractivity contribution in [1.82, 2.24) is 4.98 Å². The molecule has 3 N–H and O–H groups in total. The molecule has 0 bridgehead atoms. The molecule has 4 rings (SSSR count). The molecule has 2 amide bonds. The highest BCUT2D eigenvalue weighted by atomic mass is 32.1. The lowest BCUT2D eigenvalue weighted by atomic mass is 10.0. The van der Waals surface area contributed by atoms with Gasteiger partial charge in [-0.15, -0.1) is 0 Å². The monoisotopic (exact) mass is 445 g/mol. The van der Waals surface area contributed by atoms with E-state index in [4.69, 9.17) is 0 Å². The second kappa shape index (κ2) is 9.53. The lowest BCUT2D eigenvalue weighted by Crippen LogP contribution is -2.34. The summed E-state index contributed by atoms with van der Waals surface area (Å²) in [7, 11) is 0. The van der Waals surface area contributed by atoms with E-state index < -0.39 is 0 Å². The Morgan fingerprint density at radius 3 is 2.41 bits per heavy atom. The van der Waals surface area contributed by atoms with E-state index in [-0.39, 0.29) is 16.8 Å². The van der Waals surface area contributed by atoms with Crippen LogP contribution in [0.5, 0.6) is 5.88 Å². The zero-order valence-corrected chi connectivity index (χ0v) is 18.4. The Kier molecular flexibility index (Phi) is 6.37. The molecule has 0 aliphatic rings. The number of carbonyl (C=O) groups excluding carboxylic acids is 1. The van der Waals surface area contributed by atoms with Crippen molar-refractivity contribution in [3.8, 4) is 17.0 Å². The van der Waals surface area contributed by atoms with Crippen molar-refractivity contribution in [2.24, 2.45) is 0 Å². The van der Waals surface area contributed by atoms with Gasteiger partial charge in [0.15, 0.2) is 0 Å². The number of amides is 2. The van der Waals surface area contributed by atoms with Gasteiger partial charge in [0.25, 0.3) is 0 Å². The van der Waals surface area contributed by atoms with E-state index in [1.165, 1.54) is 0 Å². The Labute approximate surface area is 189 Å². The fourth-order valence-electron chi connectivity index (χ4n) is 3.48. The maximum atomic E-state index is 12.8. The van der Waals surface area contributed by atoms with E-state index in [0.29, 0.717) is 17.8 Å². The molecule has 6 nitrogen and oxygen atoms in total. The first-order valence-corrected chi connectivity index (χ1v) is 11.1. The van der Waals surface area contributed by atoms with Crippen molar-refractivity contribution < 1.29 is 9.90 Å². The van der Waals surface area contributed by atoms with E-state index in [1.54, 1.807) is 4.90 Å². The lowest BCUT2D eigenvalue weighted by molar-refractivity contribution is 0.257. The molecule has 0 atom stereocenters. The molecule has 7 heteroatoms. The van der Waals surface area contributed by atoms with Crippen LogP contribution in [0.4, 0.5) is 16.2 Å². The highest BCUT2D eigenvalue weighted by Crippen LogP contribution is 2.27. The van der Waals surface area contributed by atoms with Gasteiger partial charge in [0.2, 0.25) is 5.88 Å². The predicted molar refractivity (Wildman–Crippen MR) is 130 cm³/mol. The Hall–Kier alpha value is -3.84. The van der Waals surface area contributed by atoms with Crippen LogP contribution in [0.2, 0.25) is 0 Å². The molecule has 0 aliphatic heterocycles. The summed E-state index contributed by atoms with van der Waals surface area (Å²) >= 11 is 1.02. The Morgan fingerprint density at radius 2 is 1.75 bits per heavy atom. The third-order valence-corrected chi connectivity index (χ3v) is 5.97. The van der Waals surface area contributed by atoms with Gasteiger partial charge in [0, 0.05) is 24.3 Å². The van der Waals surface area contributed by atoms with E-state index in [1.807, 2.05) is 85.8 Å². The van der Waals surface area contributed by atoms with Crippen LogP contribution in [0.15, 0.2) is 83.7 Å². The van der Waals surface area contributed by atoms with E-state index in [9.17, 15) is 14.7 Å². The minimum atomic E-state index is -0.261. The van der Waals surface area contributed by atoms with Gasteiger partial charge in [-0.3, -0.25) is 14.7 Å². The average Bonchev–Trinajstić information content (AvgIpc) is 3.12. The normalized spacial score (nSPS) is 10.7. The predicted octanol–water partition coefficient (Wildman–Crippen LogP) is 5.46. The Bertz CT molecular complexity index is 1260. The summed E-state index contributed by atoms with van der Waals surface area (Å²) < 4.78 is 0. The topological polar surface area (TPSA) is 85.4 Å². The number of aromatic hydroxyl groups is 1. The first kappa shape index (κ1) is 21.4. The summed E-state index contributed by atoms with van der Waals surface area (Å²) in [5.41, 5.74) is 4.56. The van der Waals surface area contributed by atoms with Crippen LogP contribution in [-0.2, 0) is 6.42 Å². The van der Waals surface area contributed by atoms with Gasteiger partial charge in [0.1, 0.15) is 0 Å². The number of nitrogens with zero attached hydrogens (tertiary/aromatic N) is 1. The number of benzene rings is 3. The summed E-state index contributed by atoms with van der Waals surface area (Å²) in [4.78, 5) is 28.6. The van der Waals surface area contributed by atoms with Gasteiger partial charge in [-0.05, 0) is 47.9 Å². The molecule has 0 saturated carbocycles. The fourth-order valence-corrected chi connectivity index (χ4v) is 4.24. The van der Waals surface area contributed by atoms with Gasteiger partial charge in [-0.1, -0.05) is 65.9 Å². The van der Waals surface area contributed by atoms with Gasteiger partial charge in [-0.25, -0.2) is 4.79 Å². The first-order valence-electron chi connectivity index (χ1n) is 10.3. The number of aromatic nitrogens is 1. The number of urea groups is 1. The second-order valence-corrected chi connectivity index (χ2v) is 8.32. The molecule has 32 heavy (non-hydrogen) atoms. The number of anilines is 2. The molecule has 0 saturated heterocycles. The smallest absolute Gasteiger partial charge is 0.326 e. The molecule has 0 unspecified atom stereocenters. The third-order valence-electron chi connectivity index (χ3n) is 5.10. The van der Waals surface area contributed by atoms with Crippen molar-refractivity contribution >= 4 is 28.7 Å². The maximum absolute atomic E-state index is 12.8. The van der Waals surface area contributed by atoms with Crippen LogP contribution < -0.4 is 15.1 Å². The fraction of sp³-hybridized carbons (Fsp3) is 0.120. The number of thiazole rings is 1. The summed E-state index contributed by atoms with van der Waals surface area (Å²) in [5, 5.41) is 12.7. The molecule has 4 aromatic rings. The van der Waals surface area contributed by atoms with Crippen molar-refractivity contribution in [3.05, 3.63) is 99.0 Å². The minimum Gasteiger partial charge on any atom is -0.494 e. The van der Waals surface area contributed by atoms with E-state index in [0.717, 1.165) is 39.4 Å². The molecule has 0 radical (unpaired) electrons. The molecule has 1 heterocycles. The number of para-hydroxylation sites is 1. The maximum Gasteiger partial charge on any atom is 0.326 e. The molecular formula is C25H23N3O3S. The van der Waals surface area contributed by atoms with Crippen LogP contribution in [0, 0.1) is 0 Å². The molecular weight excluding hydrogens is 422 g/mol. The number of H-pyrrole nitrogens is 1.